The summed E-state index contributed by atoms with van der Waals surface area (Å²) in [6.45, 7) is 3.19. The number of hydrogen-bond donors (Lipinski definition) is 1. The summed E-state index contributed by atoms with van der Waals surface area (Å²) >= 11 is 0. The monoisotopic (exact) mass is 323 g/mol. The maximum absolute atomic E-state index is 12.6. The molecular weight excluding hydrogens is 294 g/mol. The van der Waals surface area contributed by atoms with Crippen LogP contribution in [0, 0.1) is 5.92 Å². The molecule has 1 unspecified atom stereocenters. The third-order valence-electron chi connectivity index (χ3n) is 5.55. The van der Waals surface area contributed by atoms with E-state index >= 15 is 0 Å². The van der Waals surface area contributed by atoms with E-state index in [1.54, 1.807) is 4.90 Å². The van der Waals surface area contributed by atoms with E-state index in [1.165, 1.54) is 6.42 Å². The van der Waals surface area contributed by atoms with Crippen LogP contribution in [0.2, 0.25) is 0 Å². The Kier molecular flexibility index (Phi) is 5.41. The van der Waals surface area contributed by atoms with Gasteiger partial charge in [-0.3, -0.25) is 4.79 Å². The van der Waals surface area contributed by atoms with Gasteiger partial charge >= 0.3 is 6.03 Å². The Balaban J connectivity index is 1.45. The zero-order valence-electron chi connectivity index (χ0n) is 14.1. The molecule has 23 heavy (non-hydrogen) atoms. The maximum atomic E-state index is 12.6. The zero-order chi connectivity index (χ0) is 16.2. The SMILES string of the molecule is CN(C(=O)N[C@H]1CC[C@@H](C(=O)N2CCCCC2)C1)C1CCOC1. The van der Waals surface area contributed by atoms with Gasteiger partial charge in [-0.05, 0) is 44.9 Å². The van der Waals surface area contributed by atoms with Gasteiger partial charge in [-0.2, -0.15) is 0 Å². The molecule has 3 amide bonds. The van der Waals surface area contributed by atoms with E-state index < -0.39 is 0 Å². The van der Waals surface area contributed by atoms with Crippen LogP contribution in [-0.2, 0) is 9.53 Å². The first kappa shape index (κ1) is 16.6. The molecule has 6 heteroatoms. The van der Waals surface area contributed by atoms with Gasteiger partial charge in [-0.1, -0.05) is 0 Å². The van der Waals surface area contributed by atoms with Crippen LogP contribution in [0.1, 0.15) is 44.9 Å². The average Bonchev–Trinajstić information content (AvgIpc) is 3.26. The maximum Gasteiger partial charge on any atom is 0.317 e. The number of hydrogen-bond acceptors (Lipinski definition) is 3. The lowest BCUT2D eigenvalue weighted by molar-refractivity contribution is -0.136. The Bertz CT molecular complexity index is 431. The van der Waals surface area contributed by atoms with Crippen molar-refractivity contribution >= 4 is 11.9 Å². The molecule has 2 heterocycles. The van der Waals surface area contributed by atoms with Crippen molar-refractivity contribution in [2.75, 3.05) is 33.4 Å². The van der Waals surface area contributed by atoms with Crippen LogP contribution in [0.5, 0.6) is 0 Å². The Labute approximate surface area is 138 Å². The number of carbonyl (C=O) groups excluding carboxylic acids is 2. The lowest BCUT2D eigenvalue weighted by Crippen LogP contribution is -2.47. The van der Waals surface area contributed by atoms with Crippen molar-refractivity contribution in [3.8, 4) is 0 Å². The van der Waals surface area contributed by atoms with E-state index in [-0.39, 0.29) is 24.0 Å². The number of piperidine rings is 1. The predicted octanol–water partition coefficient (Wildman–Crippen LogP) is 1.60. The first-order valence-electron chi connectivity index (χ1n) is 9.05. The largest absolute Gasteiger partial charge is 0.379 e. The summed E-state index contributed by atoms with van der Waals surface area (Å²) in [5.74, 6) is 0.400. The number of likely N-dealkylation sites (tertiary alicyclic amines) is 1. The Morgan fingerprint density at radius 2 is 1.91 bits per heavy atom. The molecule has 1 N–H and O–H groups in total. The number of likely N-dealkylation sites (N-methyl/N-ethyl adjacent to an activating group) is 1. The molecule has 2 saturated heterocycles. The van der Waals surface area contributed by atoms with Crippen LogP contribution in [-0.4, -0.2) is 67.2 Å². The van der Waals surface area contributed by atoms with Crippen LogP contribution in [0.25, 0.3) is 0 Å². The van der Waals surface area contributed by atoms with Crippen molar-refractivity contribution in [2.45, 2.75) is 57.0 Å². The topological polar surface area (TPSA) is 61.9 Å². The van der Waals surface area contributed by atoms with Crippen LogP contribution in [0.4, 0.5) is 4.79 Å². The van der Waals surface area contributed by atoms with E-state index in [0.717, 1.165) is 58.2 Å². The highest BCUT2D eigenvalue weighted by Crippen LogP contribution is 2.28. The van der Waals surface area contributed by atoms with Gasteiger partial charge in [-0.15, -0.1) is 0 Å². The lowest BCUT2D eigenvalue weighted by atomic mass is 10.0. The normalized spacial score (nSPS) is 31.2. The van der Waals surface area contributed by atoms with Gasteiger partial charge in [0.1, 0.15) is 0 Å². The average molecular weight is 323 g/mol. The molecule has 3 fully saturated rings. The first-order valence-corrected chi connectivity index (χ1v) is 9.05. The van der Waals surface area contributed by atoms with Gasteiger partial charge in [0.15, 0.2) is 0 Å². The fourth-order valence-electron chi connectivity index (χ4n) is 3.98. The van der Waals surface area contributed by atoms with E-state index in [2.05, 4.69) is 5.32 Å². The molecule has 0 aromatic rings. The Hall–Kier alpha value is -1.30. The number of amides is 3. The molecule has 3 atom stereocenters. The minimum Gasteiger partial charge on any atom is -0.379 e. The standard InChI is InChI=1S/C17H29N3O3/c1-19(15-7-10-23-12-15)17(22)18-14-6-5-13(11-14)16(21)20-8-3-2-4-9-20/h13-15H,2-12H2,1H3,(H,18,22)/t13-,14+,15?/m1/s1. The van der Waals surface area contributed by atoms with Crippen LogP contribution < -0.4 is 5.32 Å². The summed E-state index contributed by atoms with van der Waals surface area (Å²) in [6, 6.07) is 0.282. The summed E-state index contributed by atoms with van der Waals surface area (Å²) in [5, 5.41) is 3.10. The number of nitrogens with zero attached hydrogens (tertiary/aromatic N) is 2. The molecule has 0 aromatic carbocycles. The summed E-state index contributed by atoms with van der Waals surface area (Å²) in [5.41, 5.74) is 0. The Morgan fingerprint density at radius 3 is 2.61 bits per heavy atom. The van der Waals surface area contributed by atoms with Gasteiger partial charge in [0, 0.05) is 38.7 Å². The van der Waals surface area contributed by atoms with Crippen molar-refractivity contribution in [2.24, 2.45) is 5.92 Å². The quantitative estimate of drug-likeness (QED) is 0.858. The number of rotatable bonds is 3. The molecule has 6 nitrogen and oxygen atoms in total. The van der Waals surface area contributed by atoms with Crippen molar-refractivity contribution in [1.82, 2.24) is 15.1 Å². The van der Waals surface area contributed by atoms with Gasteiger partial charge in [-0.25, -0.2) is 4.79 Å². The second-order valence-corrected chi connectivity index (χ2v) is 7.17. The van der Waals surface area contributed by atoms with Crippen molar-refractivity contribution in [1.29, 1.82) is 0 Å². The summed E-state index contributed by atoms with van der Waals surface area (Å²) in [6.07, 6.45) is 7.01. The fraction of sp³-hybridized carbons (Fsp3) is 0.882. The molecule has 130 valence electrons. The van der Waals surface area contributed by atoms with Crippen LogP contribution in [0.15, 0.2) is 0 Å². The Morgan fingerprint density at radius 1 is 1.13 bits per heavy atom. The first-order chi connectivity index (χ1) is 11.1. The molecule has 3 aliphatic rings. The molecule has 1 saturated carbocycles. The van der Waals surface area contributed by atoms with E-state index in [4.69, 9.17) is 4.74 Å². The predicted molar refractivity (Wildman–Crippen MR) is 87.1 cm³/mol. The number of ether oxygens (including phenoxy) is 1. The van der Waals surface area contributed by atoms with Crippen LogP contribution in [0.3, 0.4) is 0 Å². The highest BCUT2D eigenvalue weighted by atomic mass is 16.5. The fourth-order valence-corrected chi connectivity index (χ4v) is 3.98. The minimum absolute atomic E-state index is 0.0310. The number of carbonyl (C=O) groups is 2. The second-order valence-electron chi connectivity index (χ2n) is 7.17. The van der Waals surface area contributed by atoms with Crippen molar-refractivity contribution < 1.29 is 14.3 Å². The second kappa shape index (κ2) is 7.51. The molecule has 0 aromatic heterocycles. The summed E-state index contributed by atoms with van der Waals surface area (Å²) in [4.78, 5) is 28.7. The molecule has 0 radical (unpaired) electrons. The lowest BCUT2D eigenvalue weighted by Gasteiger charge is -2.29. The van der Waals surface area contributed by atoms with E-state index in [9.17, 15) is 9.59 Å². The summed E-state index contributed by atoms with van der Waals surface area (Å²) < 4.78 is 5.34. The zero-order valence-corrected chi connectivity index (χ0v) is 14.1. The summed E-state index contributed by atoms with van der Waals surface area (Å²) in [7, 11) is 1.83. The van der Waals surface area contributed by atoms with Crippen LogP contribution >= 0.6 is 0 Å². The third kappa shape index (κ3) is 3.97. The van der Waals surface area contributed by atoms with E-state index in [1.807, 2.05) is 11.9 Å². The van der Waals surface area contributed by atoms with Gasteiger partial charge in [0.25, 0.3) is 0 Å². The smallest absolute Gasteiger partial charge is 0.317 e. The third-order valence-corrected chi connectivity index (χ3v) is 5.55. The van der Waals surface area contributed by atoms with Gasteiger partial charge in [0.2, 0.25) is 5.91 Å². The number of nitrogens with one attached hydrogen (secondary N) is 1. The molecular formula is C17H29N3O3. The highest BCUT2D eigenvalue weighted by molar-refractivity contribution is 5.80. The molecule has 3 rings (SSSR count). The molecule has 2 aliphatic heterocycles. The highest BCUT2D eigenvalue weighted by Gasteiger charge is 2.34. The van der Waals surface area contributed by atoms with Crippen molar-refractivity contribution in [3.05, 3.63) is 0 Å². The van der Waals surface area contributed by atoms with E-state index in [0.29, 0.717) is 12.5 Å². The van der Waals surface area contributed by atoms with Crippen molar-refractivity contribution in [3.63, 3.8) is 0 Å². The molecule has 0 spiro atoms. The minimum atomic E-state index is -0.0310. The molecule has 0 bridgehead atoms. The number of urea groups is 1. The van der Waals surface area contributed by atoms with Gasteiger partial charge < -0.3 is 19.9 Å². The molecule has 1 aliphatic carbocycles. The van der Waals surface area contributed by atoms with Gasteiger partial charge in [0.05, 0.1) is 12.6 Å².